The molecule has 3 aliphatic rings. The largest absolute Gasteiger partial charge is 0.481 e. The van der Waals surface area contributed by atoms with Gasteiger partial charge in [-0.25, -0.2) is 9.78 Å². The minimum absolute atomic E-state index is 0.00858. The van der Waals surface area contributed by atoms with Gasteiger partial charge in [-0.3, -0.25) is 4.79 Å². The molecule has 0 radical (unpaired) electrons. The molecule has 7 nitrogen and oxygen atoms in total. The molecule has 2 heterocycles. The summed E-state index contributed by atoms with van der Waals surface area (Å²) in [4.78, 5) is 33.7. The van der Waals surface area contributed by atoms with E-state index in [0.717, 1.165) is 43.2 Å². The summed E-state index contributed by atoms with van der Waals surface area (Å²) < 4.78 is 5.64. The van der Waals surface area contributed by atoms with Crippen molar-refractivity contribution in [1.82, 2.24) is 15.2 Å². The second-order valence-corrected chi connectivity index (χ2v) is 13.1. The van der Waals surface area contributed by atoms with Gasteiger partial charge in [0.05, 0.1) is 13.2 Å². The molecule has 7 heteroatoms. The third-order valence-electron chi connectivity index (χ3n) is 9.51. The van der Waals surface area contributed by atoms with E-state index >= 15 is 0 Å². The van der Waals surface area contributed by atoms with Crippen molar-refractivity contribution in [3.05, 3.63) is 59.3 Å². The standard InChI is InChI=1S/C33H45N3O4/c1-33(2,3)26-27(34-20-25-18-24(21-16-11-17-21)19-35-30(25)40-4)28(22-12-7-5-8-13-22)36(29(26)32(38)39)31(37)23-14-9-6-10-15-23/h5,7-8,12-13,18-19,21,23,26-29,34H,6,9-11,14-17,20H2,1-4H3,(H,38,39)/t26-,27-,28-,29-/m0/s1. The van der Waals surface area contributed by atoms with Crippen LogP contribution in [0.25, 0.3) is 0 Å². The highest BCUT2D eigenvalue weighted by atomic mass is 16.5. The summed E-state index contributed by atoms with van der Waals surface area (Å²) in [6.45, 7) is 6.77. The Balaban J connectivity index is 1.55. The number of benzene rings is 1. The molecule has 5 rings (SSSR count). The van der Waals surface area contributed by atoms with Crippen LogP contribution in [0.15, 0.2) is 42.6 Å². The number of nitrogens with one attached hydrogen (secondary N) is 1. The van der Waals surface area contributed by atoms with Crippen LogP contribution in [-0.4, -0.2) is 46.1 Å². The third-order valence-corrected chi connectivity index (χ3v) is 9.51. The van der Waals surface area contributed by atoms with Gasteiger partial charge in [0.25, 0.3) is 0 Å². The monoisotopic (exact) mass is 547 g/mol. The summed E-state index contributed by atoms with van der Waals surface area (Å²) in [5.41, 5.74) is 2.80. The van der Waals surface area contributed by atoms with Crippen molar-refractivity contribution >= 4 is 11.9 Å². The van der Waals surface area contributed by atoms with Crippen molar-refractivity contribution in [3.8, 4) is 5.88 Å². The van der Waals surface area contributed by atoms with E-state index in [2.05, 4.69) is 37.1 Å². The van der Waals surface area contributed by atoms with Gasteiger partial charge in [0, 0.05) is 36.2 Å². The first-order chi connectivity index (χ1) is 19.2. The predicted octanol–water partition coefficient (Wildman–Crippen LogP) is 6.10. The zero-order valence-corrected chi connectivity index (χ0v) is 24.4. The number of rotatable bonds is 8. The maximum atomic E-state index is 14.3. The van der Waals surface area contributed by atoms with E-state index in [9.17, 15) is 14.7 Å². The van der Waals surface area contributed by atoms with Crippen molar-refractivity contribution < 1.29 is 19.4 Å². The average Bonchev–Trinajstić information content (AvgIpc) is 3.28. The number of carboxylic acids is 1. The Bertz CT molecular complexity index is 1180. The lowest BCUT2D eigenvalue weighted by molar-refractivity contribution is -0.154. The number of likely N-dealkylation sites (tertiary alicyclic amines) is 1. The van der Waals surface area contributed by atoms with Crippen LogP contribution in [0.3, 0.4) is 0 Å². The minimum Gasteiger partial charge on any atom is -0.481 e. The first-order valence-corrected chi connectivity index (χ1v) is 15.1. The number of methoxy groups -OCH3 is 1. The lowest BCUT2D eigenvalue weighted by atomic mass is 9.72. The van der Waals surface area contributed by atoms with Crippen LogP contribution in [0.1, 0.15) is 101 Å². The number of hydrogen-bond donors (Lipinski definition) is 2. The molecule has 1 amide bonds. The van der Waals surface area contributed by atoms with Gasteiger partial charge in [0.1, 0.15) is 6.04 Å². The molecule has 1 saturated heterocycles. The fourth-order valence-electron chi connectivity index (χ4n) is 7.31. The second-order valence-electron chi connectivity index (χ2n) is 13.1. The summed E-state index contributed by atoms with van der Waals surface area (Å²) in [5.74, 6) is -0.238. The molecule has 2 saturated carbocycles. The van der Waals surface area contributed by atoms with Crippen LogP contribution in [0.2, 0.25) is 0 Å². The third kappa shape index (κ3) is 5.63. The molecule has 0 bridgehead atoms. The molecule has 216 valence electrons. The zero-order chi connectivity index (χ0) is 28.4. The van der Waals surface area contributed by atoms with E-state index in [-0.39, 0.29) is 29.2 Å². The van der Waals surface area contributed by atoms with Crippen LogP contribution in [0, 0.1) is 17.3 Å². The second kappa shape index (κ2) is 11.9. The highest BCUT2D eigenvalue weighted by molar-refractivity contribution is 5.87. The number of carbonyl (C=O) groups is 2. The van der Waals surface area contributed by atoms with Gasteiger partial charge in [-0.15, -0.1) is 0 Å². The van der Waals surface area contributed by atoms with E-state index in [1.54, 1.807) is 12.0 Å². The molecule has 1 aliphatic heterocycles. The molecule has 1 aromatic heterocycles. The number of nitrogens with zero attached hydrogens (tertiary/aromatic N) is 2. The molecule has 0 unspecified atom stereocenters. The Kier molecular flexibility index (Phi) is 8.50. The smallest absolute Gasteiger partial charge is 0.326 e. The van der Waals surface area contributed by atoms with Gasteiger partial charge >= 0.3 is 5.97 Å². The van der Waals surface area contributed by atoms with Gasteiger partial charge in [-0.05, 0) is 54.2 Å². The molecule has 40 heavy (non-hydrogen) atoms. The fourth-order valence-corrected chi connectivity index (χ4v) is 7.31. The van der Waals surface area contributed by atoms with Gasteiger partial charge in [-0.2, -0.15) is 0 Å². The number of pyridine rings is 1. The van der Waals surface area contributed by atoms with Crippen LogP contribution in [0.5, 0.6) is 5.88 Å². The molecule has 1 aromatic carbocycles. The molecule has 2 aromatic rings. The lowest BCUT2D eigenvalue weighted by Gasteiger charge is -2.36. The Hall–Kier alpha value is -2.93. The molecule has 4 atom stereocenters. The number of hydrogen-bond acceptors (Lipinski definition) is 5. The quantitative estimate of drug-likeness (QED) is 0.415. The van der Waals surface area contributed by atoms with Gasteiger partial charge < -0.3 is 20.1 Å². The summed E-state index contributed by atoms with van der Waals surface area (Å²) in [7, 11) is 1.64. The average molecular weight is 548 g/mol. The maximum absolute atomic E-state index is 14.3. The van der Waals surface area contributed by atoms with E-state index < -0.39 is 18.1 Å². The summed E-state index contributed by atoms with van der Waals surface area (Å²) >= 11 is 0. The molecule has 2 aliphatic carbocycles. The van der Waals surface area contributed by atoms with Crippen molar-refractivity contribution in [2.24, 2.45) is 17.3 Å². The number of carbonyl (C=O) groups excluding carboxylic acids is 1. The highest BCUT2D eigenvalue weighted by Gasteiger charge is 2.58. The van der Waals surface area contributed by atoms with Gasteiger partial charge in [-0.1, -0.05) is 76.8 Å². The molecule has 2 N–H and O–H groups in total. The SMILES string of the molecule is COc1ncc(C2CCC2)cc1CN[C@H]1[C@H](C(C)(C)C)[C@@H](C(=O)O)N(C(=O)C2CCCCC2)[C@H]1c1ccccc1. The van der Waals surface area contributed by atoms with Crippen LogP contribution >= 0.6 is 0 Å². The van der Waals surface area contributed by atoms with E-state index in [4.69, 9.17) is 4.74 Å². The van der Waals surface area contributed by atoms with Crippen molar-refractivity contribution in [2.75, 3.05) is 7.11 Å². The summed E-state index contributed by atoms with van der Waals surface area (Å²) in [5, 5.41) is 14.5. The zero-order valence-electron chi connectivity index (χ0n) is 24.4. The number of carboxylic acid groups (broad SMARTS) is 1. The number of aromatic nitrogens is 1. The number of amides is 1. The molecular formula is C33H45N3O4. The number of aliphatic carboxylic acids is 1. The Labute approximate surface area is 238 Å². The highest BCUT2D eigenvalue weighted by Crippen LogP contribution is 2.49. The van der Waals surface area contributed by atoms with E-state index in [1.807, 2.05) is 36.5 Å². The van der Waals surface area contributed by atoms with Gasteiger partial charge in [0.15, 0.2) is 0 Å². The minimum atomic E-state index is -0.930. The normalized spacial score (nSPS) is 25.9. The van der Waals surface area contributed by atoms with Crippen LogP contribution < -0.4 is 10.1 Å². The molecule has 0 spiro atoms. The summed E-state index contributed by atoms with van der Waals surface area (Å²) in [6, 6.07) is 10.6. The first-order valence-electron chi connectivity index (χ1n) is 15.1. The molecule has 3 fully saturated rings. The topological polar surface area (TPSA) is 91.8 Å². The Morgan fingerprint density at radius 2 is 1.73 bits per heavy atom. The number of ether oxygens (including phenoxy) is 1. The Morgan fingerprint density at radius 1 is 1.02 bits per heavy atom. The van der Waals surface area contributed by atoms with Gasteiger partial charge in [0.2, 0.25) is 11.8 Å². The first kappa shape index (κ1) is 28.6. The summed E-state index contributed by atoms with van der Waals surface area (Å²) in [6.07, 6.45) is 10.4. The van der Waals surface area contributed by atoms with E-state index in [0.29, 0.717) is 18.3 Å². The van der Waals surface area contributed by atoms with Crippen molar-refractivity contribution in [1.29, 1.82) is 0 Å². The maximum Gasteiger partial charge on any atom is 0.326 e. The van der Waals surface area contributed by atoms with Crippen molar-refractivity contribution in [3.63, 3.8) is 0 Å². The Morgan fingerprint density at radius 3 is 2.30 bits per heavy atom. The van der Waals surface area contributed by atoms with Crippen LogP contribution in [-0.2, 0) is 16.1 Å². The molecular weight excluding hydrogens is 502 g/mol. The lowest BCUT2D eigenvalue weighted by Crippen LogP contribution is -2.49. The fraction of sp³-hybridized carbons (Fsp3) is 0.606. The van der Waals surface area contributed by atoms with Crippen molar-refractivity contribution in [2.45, 2.75) is 103 Å². The predicted molar refractivity (Wildman–Crippen MR) is 155 cm³/mol. The van der Waals surface area contributed by atoms with E-state index in [1.165, 1.54) is 24.8 Å². The van der Waals surface area contributed by atoms with Crippen LogP contribution in [0.4, 0.5) is 0 Å².